The van der Waals surface area contributed by atoms with Gasteiger partial charge in [0.05, 0.1) is 6.20 Å². The fourth-order valence-corrected chi connectivity index (χ4v) is 3.27. The second-order valence-corrected chi connectivity index (χ2v) is 5.50. The lowest BCUT2D eigenvalue weighted by Gasteiger charge is -2.16. The van der Waals surface area contributed by atoms with Gasteiger partial charge in [-0.3, -0.25) is 4.90 Å². The summed E-state index contributed by atoms with van der Waals surface area (Å²) >= 11 is 0. The number of rotatable bonds is 3. The average molecular weight is 245 g/mol. The topological polar surface area (TPSA) is 31.9 Å². The number of aromatic nitrogens is 2. The molecule has 1 N–H and O–H groups in total. The summed E-state index contributed by atoms with van der Waals surface area (Å²) in [4.78, 5) is 9.76. The molecule has 4 rings (SSSR count). The van der Waals surface area contributed by atoms with Gasteiger partial charge < -0.3 is 4.98 Å². The van der Waals surface area contributed by atoms with Gasteiger partial charge in [-0.25, -0.2) is 9.37 Å². The Morgan fingerprint density at radius 3 is 3.22 bits per heavy atom. The molecule has 1 aliphatic carbocycles. The lowest BCUT2D eigenvalue weighted by Crippen LogP contribution is -2.25. The Balaban J connectivity index is 1.53. The quantitative estimate of drug-likeness (QED) is 0.900. The molecular formula is C14H16FN3. The Bertz CT molecular complexity index is 592. The molecule has 0 bridgehead atoms. The first-order valence-electron chi connectivity index (χ1n) is 6.67. The lowest BCUT2D eigenvalue weighted by molar-refractivity contribution is 0.304. The van der Waals surface area contributed by atoms with Crippen molar-refractivity contribution in [3.05, 3.63) is 29.8 Å². The van der Waals surface area contributed by atoms with E-state index in [0.717, 1.165) is 36.0 Å². The maximum absolute atomic E-state index is 13.2. The highest BCUT2D eigenvalue weighted by Gasteiger charge is 2.46. The minimum Gasteiger partial charge on any atom is -0.346 e. The number of H-pyrrole nitrogens is 1. The van der Waals surface area contributed by atoms with E-state index in [9.17, 15) is 4.39 Å². The van der Waals surface area contributed by atoms with E-state index in [1.54, 1.807) is 6.07 Å². The molecule has 4 heteroatoms. The fraction of sp³-hybridized carbons (Fsp3) is 0.500. The van der Waals surface area contributed by atoms with Crippen LogP contribution in [0.25, 0.3) is 11.0 Å². The van der Waals surface area contributed by atoms with Crippen LogP contribution in [0.4, 0.5) is 4.39 Å². The Hall–Kier alpha value is -1.42. The van der Waals surface area contributed by atoms with Crippen molar-refractivity contribution in [2.45, 2.75) is 25.3 Å². The molecule has 2 atom stereocenters. The summed E-state index contributed by atoms with van der Waals surface area (Å²) in [6.45, 7) is 2.33. The molecular weight excluding hydrogens is 229 g/mol. The number of hydrogen-bond donors (Lipinski definition) is 1. The van der Waals surface area contributed by atoms with Crippen LogP contribution in [0.1, 0.15) is 18.4 Å². The van der Waals surface area contributed by atoms with E-state index in [0.29, 0.717) is 0 Å². The second kappa shape index (κ2) is 3.79. The molecule has 0 aromatic carbocycles. The van der Waals surface area contributed by atoms with Crippen LogP contribution in [0.5, 0.6) is 0 Å². The number of piperidine rings is 1. The SMILES string of the molecule is Fc1cnc2[nH]cc(CCN3CCC4CC43)c2c1. The highest BCUT2D eigenvalue weighted by molar-refractivity contribution is 5.79. The number of pyridine rings is 1. The number of halogens is 1. The van der Waals surface area contributed by atoms with Gasteiger partial charge in [0.1, 0.15) is 11.5 Å². The number of nitrogens with one attached hydrogen (secondary N) is 1. The van der Waals surface area contributed by atoms with Crippen molar-refractivity contribution >= 4 is 11.0 Å². The van der Waals surface area contributed by atoms with Gasteiger partial charge in [-0.2, -0.15) is 0 Å². The number of hydrogen-bond acceptors (Lipinski definition) is 2. The molecule has 0 spiro atoms. The van der Waals surface area contributed by atoms with Crippen molar-refractivity contribution in [1.29, 1.82) is 0 Å². The van der Waals surface area contributed by atoms with Gasteiger partial charge in [-0.1, -0.05) is 0 Å². The van der Waals surface area contributed by atoms with E-state index >= 15 is 0 Å². The molecule has 18 heavy (non-hydrogen) atoms. The fourth-order valence-electron chi connectivity index (χ4n) is 3.27. The van der Waals surface area contributed by atoms with E-state index < -0.39 is 0 Å². The van der Waals surface area contributed by atoms with Crippen molar-refractivity contribution in [2.75, 3.05) is 13.1 Å². The first-order chi connectivity index (χ1) is 8.81. The summed E-state index contributed by atoms with van der Waals surface area (Å²) in [6.07, 6.45) is 6.97. The van der Waals surface area contributed by atoms with E-state index in [1.165, 1.54) is 31.1 Å². The Morgan fingerprint density at radius 2 is 2.44 bits per heavy atom. The molecule has 2 aromatic heterocycles. The van der Waals surface area contributed by atoms with Crippen molar-refractivity contribution in [3.63, 3.8) is 0 Å². The number of fused-ring (bicyclic) bond motifs is 2. The molecule has 3 nitrogen and oxygen atoms in total. The lowest BCUT2D eigenvalue weighted by atomic mass is 10.1. The van der Waals surface area contributed by atoms with Crippen LogP contribution >= 0.6 is 0 Å². The predicted octanol–water partition coefficient (Wildman–Crippen LogP) is 2.34. The number of nitrogens with zero attached hydrogens (tertiary/aromatic N) is 2. The van der Waals surface area contributed by atoms with Gasteiger partial charge in [0.15, 0.2) is 0 Å². The van der Waals surface area contributed by atoms with Gasteiger partial charge >= 0.3 is 0 Å². The highest BCUT2D eigenvalue weighted by atomic mass is 19.1. The Morgan fingerprint density at radius 1 is 1.50 bits per heavy atom. The summed E-state index contributed by atoms with van der Waals surface area (Å²) in [5.41, 5.74) is 1.97. The van der Waals surface area contributed by atoms with Crippen molar-refractivity contribution in [1.82, 2.24) is 14.9 Å². The van der Waals surface area contributed by atoms with Crippen LogP contribution in [-0.2, 0) is 6.42 Å². The minimum atomic E-state index is -0.258. The molecule has 2 aromatic rings. The van der Waals surface area contributed by atoms with Gasteiger partial charge in [0.2, 0.25) is 0 Å². The number of aromatic amines is 1. The monoisotopic (exact) mass is 245 g/mol. The largest absolute Gasteiger partial charge is 0.346 e. The van der Waals surface area contributed by atoms with Gasteiger partial charge in [0.25, 0.3) is 0 Å². The zero-order valence-corrected chi connectivity index (χ0v) is 10.2. The summed E-state index contributed by atoms with van der Waals surface area (Å²) in [6, 6.07) is 2.43. The normalized spacial score (nSPS) is 26.7. The van der Waals surface area contributed by atoms with Crippen LogP contribution in [0.2, 0.25) is 0 Å². The average Bonchev–Trinajstić information content (AvgIpc) is 2.88. The molecule has 2 aliphatic rings. The Kier molecular flexibility index (Phi) is 2.21. The molecule has 0 radical (unpaired) electrons. The van der Waals surface area contributed by atoms with Gasteiger partial charge in [0, 0.05) is 24.2 Å². The third-order valence-electron chi connectivity index (χ3n) is 4.39. The van der Waals surface area contributed by atoms with E-state index in [2.05, 4.69) is 14.9 Å². The van der Waals surface area contributed by atoms with Crippen LogP contribution in [0.15, 0.2) is 18.5 Å². The number of likely N-dealkylation sites (tertiary alicyclic amines) is 1. The molecule has 0 amide bonds. The summed E-state index contributed by atoms with van der Waals surface area (Å²) in [5.74, 6) is 0.721. The van der Waals surface area contributed by atoms with E-state index in [1.807, 2.05) is 6.20 Å². The minimum absolute atomic E-state index is 0.258. The van der Waals surface area contributed by atoms with E-state index in [-0.39, 0.29) is 5.82 Å². The summed E-state index contributed by atoms with van der Waals surface area (Å²) in [5, 5.41) is 0.932. The van der Waals surface area contributed by atoms with Crippen molar-refractivity contribution in [3.8, 4) is 0 Å². The standard InChI is InChI=1S/C14H16FN3/c15-11-6-12-10(7-16-14(12)17-8-11)2-4-18-3-1-9-5-13(9)18/h6-9,13H,1-5H2,(H,16,17). The van der Waals surface area contributed by atoms with Gasteiger partial charge in [-0.05, 0) is 43.4 Å². The highest BCUT2D eigenvalue weighted by Crippen LogP contribution is 2.44. The Labute approximate surface area is 105 Å². The van der Waals surface area contributed by atoms with Gasteiger partial charge in [-0.15, -0.1) is 0 Å². The molecule has 1 saturated carbocycles. The third kappa shape index (κ3) is 1.63. The molecule has 94 valence electrons. The molecule has 3 heterocycles. The maximum atomic E-state index is 13.2. The van der Waals surface area contributed by atoms with Crippen LogP contribution in [0, 0.1) is 11.7 Å². The smallest absolute Gasteiger partial charge is 0.142 e. The van der Waals surface area contributed by atoms with Crippen molar-refractivity contribution in [2.24, 2.45) is 5.92 Å². The van der Waals surface area contributed by atoms with Crippen LogP contribution in [-0.4, -0.2) is 34.0 Å². The molecule has 1 aliphatic heterocycles. The first kappa shape index (κ1) is 10.5. The second-order valence-electron chi connectivity index (χ2n) is 5.50. The first-order valence-corrected chi connectivity index (χ1v) is 6.67. The molecule has 2 fully saturated rings. The zero-order chi connectivity index (χ0) is 12.1. The van der Waals surface area contributed by atoms with E-state index in [4.69, 9.17) is 0 Å². The van der Waals surface area contributed by atoms with Crippen LogP contribution in [0.3, 0.4) is 0 Å². The summed E-state index contributed by atoms with van der Waals surface area (Å²) < 4.78 is 13.2. The maximum Gasteiger partial charge on any atom is 0.142 e. The van der Waals surface area contributed by atoms with Crippen LogP contribution < -0.4 is 0 Å². The van der Waals surface area contributed by atoms with Crippen molar-refractivity contribution < 1.29 is 4.39 Å². The molecule has 2 unspecified atom stereocenters. The third-order valence-corrected chi connectivity index (χ3v) is 4.39. The predicted molar refractivity (Wildman–Crippen MR) is 67.8 cm³/mol. The molecule has 1 saturated heterocycles. The zero-order valence-electron chi connectivity index (χ0n) is 10.2. The summed E-state index contributed by atoms with van der Waals surface area (Å²) in [7, 11) is 0.